The van der Waals surface area contributed by atoms with Gasteiger partial charge < -0.3 is 15.0 Å². The number of ether oxygens (including phenoxy) is 1. The lowest BCUT2D eigenvalue weighted by Crippen LogP contribution is -2.51. The first kappa shape index (κ1) is 26.7. The van der Waals surface area contributed by atoms with E-state index in [1.54, 1.807) is 18.1 Å². The van der Waals surface area contributed by atoms with E-state index in [2.05, 4.69) is 5.32 Å². The van der Waals surface area contributed by atoms with Crippen LogP contribution in [0.5, 0.6) is 5.75 Å². The van der Waals surface area contributed by atoms with Gasteiger partial charge in [-0.15, -0.1) is 11.8 Å². The predicted octanol–water partition coefficient (Wildman–Crippen LogP) is 6.10. The van der Waals surface area contributed by atoms with Gasteiger partial charge in [0.2, 0.25) is 11.8 Å². The highest BCUT2D eigenvalue weighted by atomic mass is 35.5. The first-order valence-corrected chi connectivity index (χ1v) is 13.6. The number of amides is 2. The number of carbonyl (C=O) groups excluding carboxylic acids is 2. The molecule has 0 spiro atoms. The van der Waals surface area contributed by atoms with Crippen LogP contribution in [0, 0.1) is 0 Å². The monoisotopic (exact) mass is 522 g/mol. The van der Waals surface area contributed by atoms with Crippen molar-refractivity contribution in [1.29, 1.82) is 0 Å². The lowest BCUT2D eigenvalue weighted by molar-refractivity contribution is -0.139. The maximum Gasteiger partial charge on any atom is 0.243 e. The zero-order chi connectivity index (χ0) is 24.5. The average Bonchev–Trinajstić information content (AvgIpc) is 3.34. The standard InChI is InChI=1S/C26H32Cl2N2O3S/c1-3-24(26(32)29-20-8-4-5-9-20)30(15-18-7-6-10-21(13-18)33-2)25(31)17-34-16-19-11-12-22(27)23(28)14-19/h6-7,10-14,20,24H,3-5,8-9,15-17H2,1-2H3,(H,29,32)/t24-/m0/s1. The van der Waals surface area contributed by atoms with E-state index in [0.717, 1.165) is 42.6 Å². The Morgan fingerprint density at radius 3 is 2.56 bits per heavy atom. The highest BCUT2D eigenvalue weighted by Gasteiger charge is 2.30. The minimum atomic E-state index is -0.523. The van der Waals surface area contributed by atoms with Crippen LogP contribution in [0.15, 0.2) is 42.5 Å². The molecule has 2 aromatic rings. The fourth-order valence-electron chi connectivity index (χ4n) is 4.22. The number of methoxy groups -OCH3 is 1. The minimum Gasteiger partial charge on any atom is -0.497 e. The highest BCUT2D eigenvalue weighted by Crippen LogP contribution is 2.25. The summed E-state index contributed by atoms with van der Waals surface area (Å²) in [7, 11) is 1.62. The summed E-state index contributed by atoms with van der Waals surface area (Å²) in [5.41, 5.74) is 1.92. The Bertz CT molecular complexity index is 982. The lowest BCUT2D eigenvalue weighted by atomic mass is 10.1. The molecular weight excluding hydrogens is 491 g/mol. The van der Waals surface area contributed by atoms with E-state index in [-0.39, 0.29) is 23.6 Å². The summed E-state index contributed by atoms with van der Waals surface area (Å²) in [6.45, 7) is 2.30. The van der Waals surface area contributed by atoms with E-state index in [0.29, 0.717) is 28.8 Å². The molecule has 0 heterocycles. The number of thioether (sulfide) groups is 1. The molecule has 1 fully saturated rings. The van der Waals surface area contributed by atoms with Crippen molar-refractivity contribution in [3.63, 3.8) is 0 Å². The van der Waals surface area contributed by atoms with E-state index in [1.165, 1.54) is 11.8 Å². The molecule has 1 N–H and O–H groups in total. The Morgan fingerprint density at radius 1 is 1.12 bits per heavy atom. The quantitative estimate of drug-likeness (QED) is 0.387. The van der Waals surface area contributed by atoms with Gasteiger partial charge in [-0.05, 0) is 54.7 Å². The highest BCUT2D eigenvalue weighted by molar-refractivity contribution is 7.99. The second-order valence-corrected chi connectivity index (χ2v) is 10.3. The molecule has 1 saturated carbocycles. The summed E-state index contributed by atoms with van der Waals surface area (Å²) in [4.78, 5) is 28.3. The largest absolute Gasteiger partial charge is 0.497 e. The molecule has 5 nitrogen and oxygen atoms in total. The molecule has 2 amide bonds. The second kappa shape index (κ2) is 13.3. The maximum absolute atomic E-state index is 13.4. The first-order valence-electron chi connectivity index (χ1n) is 11.7. The molecule has 1 atom stereocenters. The van der Waals surface area contributed by atoms with E-state index in [9.17, 15) is 9.59 Å². The third-order valence-corrected chi connectivity index (χ3v) is 7.78. The lowest BCUT2D eigenvalue weighted by Gasteiger charge is -2.31. The molecular formula is C26H32Cl2N2O3S. The number of benzene rings is 2. The average molecular weight is 524 g/mol. The number of carbonyl (C=O) groups is 2. The van der Waals surface area contributed by atoms with Gasteiger partial charge in [0.15, 0.2) is 0 Å². The third kappa shape index (κ3) is 7.56. The normalized spacial score (nSPS) is 14.6. The van der Waals surface area contributed by atoms with Crippen LogP contribution >= 0.6 is 35.0 Å². The third-order valence-electron chi connectivity index (χ3n) is 6.05. The van der Waals surface area contributed by atoms with Gasteiger partial charge in [0.1, 0.15) is 11.8 Å². The zero-order valence-corrected chi connectivity index (χ0v) is 22.0. The molecule has 0 unspecified atom stereocenters. The van der Waals surface area contributed by atoms with Crippen molar-refractivity contribution in [2.75, 3.05) is 12.9 Å². The Morgan fingerprint density at radius 2 is 1.88 bits per heavy atom. The molecule has 1 aliphatic carbocycles. The first-order chi connectivity index (χ1) is 16.4. The summed E-state index contributed by atoms with van der Waals surface area (Å²) in [5, 5.41) is 4.19. The summed E-state index contributed by atoms with van der Waals surface area (Å²) in [6, 6.07) is 12.8. The van der Waals surface area contributed by atoms with Crippen LogP contribution in [-0.2, 0) is 21.9 Å². The van der Waals surface area contributed by atoms with E-state index in [4.69, 9.17) is 27.9 Å². The van der Waals surface area contributed by atoms with Gasteiger partial charge in [-0.25, -0.2) is 0 Å². The van der Waals surface area contributed by atoms with Crippen molar-refractivity contribution in [3.8, 4) is 5.75 Å². The Kier molecular flexibility index (Phi) is 10.4. The van der Waals surface area contributed by atoms with Crippen LogP contribution < -0.4 is 10.1 Å². The van der Waals surface area contributed by atoms with Crippen molar-refractivity contribution < 1.29 is 14.3 Å². The number of hydrogen-bond acceptors (Lipinski definition) is 4. The minimum absolute atomic E-state index is 0.0682. The number of nitrogens with zero attached hydrogens (tertiary/aromatic N) is 1. The van der Waals surface area contributed by atoms with Crippen molar-refractivity contribution in [2.24, 2.45) is 0 Å². The zero-order valence-electron chi connectivity index (χ0n) is 19.7. The van der Waals surface area contributed by atoms with Crippen LogP contribution in [-0.4, -0.2) is 41.7 Å². The molecule has 1 aliphatic rings. The van der Waals surface area contributed by atoms with Gasteiger partial charge >= 0.3 is 0 Å². The van der Waals surface area contributed by atoms with Crippen LogP contribution in [0.2, 0.25) is 10.0 Å². The van der Waals surface area contributed by atoms with E-state index in [1.807, 2.05) is 43.3 Å². The van der Waals surface area contributed by atoms with Gasteiger partial charge in [0.25, 0.3) is 0 Å². The Balaban J connectivity index is 1.72. The summed E-state index contributed by atoms with van der Waals surface area (Å²) in [6.07, 6.45) is 4.84. The molecule has 0 aromatic heterocycles. The number of rotatable bonds is 11. The van der Waals surface area contributed by atoms with Crippen molar-refractivity contribution >= 4 is 46.8 Å². The Labute approximate surface area is 216 Å². The molecule has 2 aromatic carbocycles. The SMILES string of the molecule is CC[C@@H](C(=O)NC1CCCC1)N(Cc1cccc(OC)c1)C(=O)CSCc1ccc(Cl)c(Cl)c1. The maximum atomic E-state index is 13.4. The van der Waals surface area contributed by atoms with Gasteiger partial charge in [-0.3, -0.25) is 9.59 Å². The van der Waals surface area contributed by atoms with E-state index >= 15 is 0 Å². The molecule has 34 heavy (non-hydrogen) atoms. The fourth-order valence-corrected chi connectivity index (χ4v) is 5.40. The van der Waals surface area contributed by atoms with Gasteiger partial charge in [-0.1, -0.05) is 61.2 Å². The second-order valence-electron chi connectivity index (χ2n) is 8.53. The van der Waals surface area contributed by atoms with E-state index < -0.39 is 6.04 Å². The molecule has 184 valence electrons. The van der Waals surface area contributed by atoms with Crippen LogP contribution in [0.3, 0.4) is 0 Å². The summed E-state index contributed by atoms with van der Waals surface area (Å²) < 4.78 is 5.34. The molecule has 3 rings (SSSR count). The van der Waals surface area contributed by atoms with Gasteiger partial charge in [0.05, 0.1) is 22.9 Å². The molecule has 8 heteroatoms. The number of halogens is 2. The summed E-state index contributed by atoms with van der Waals surface area (Å²) >= 11 is 13.6. The Hall–Kier alpha value is -1.89. The smallest absolute Gasteiger partial charge is 0.243 e. The van der Waals surface area contributed by atoms with Gasteiger partial charge in [-0.2, -0.15) is 0 Å². The number of nitrogens with one attached hydrogen (secondary N) is 1. The molecule has 0 bridgehead atoms. The van der Waals surface area contributed by atoms with Crippen LogP contribution in [0.4, 0.5) is 0 Å². The number of hydrogen-bond donors (Lipinski definition) is 1. The fraction of sp³-hybridized carbons (Fsp3) is 0.462. The molecule has 0 saturated heterocycles. The van der Waals surface area contributed by atoms with Crippen molar-refractivity contribution in [2.45, 2.75) is 63.4 Å². The van der Waals surface area contributed by atoms with Crippen LogP contribution in [0.25, 0.3) is 0 Å². The topological polar surface area (TPSA) is 58.6 Å². The molecule has 0 radical (unpaired) electrons. The molecule has 0 aliphatic heterocycles. The summed E-state index contributed by atoms with van der Waals surface area (Å²) in [5.74, 6) is 1.47. The van der Waals surface area contributed by atoms with Crippen molar-refractivity contribution in [1.82, 2.24) is 10.2 Å². The van der Waals surface area contributed by atoms with Crippen LogP contribution in [0.1, 0.15) is 50.2 Å². The van der Waals surface area contributed by atoms with Crippen molar-refractivity contribution in [3.05, 3.63) is 63.6 Å². The predicted molar refractivity (Wildman–Crippen MR) is 141 cm³/mol. The van der Waals surface area contributed by atoms with Gasteiger partial charge in [0, 0.05) is 18.3 Å².